The smallest absolute Gasteiger partial charge is 0.389 e. The van der Waals surface area contributed by atoms with Crippen molar-refractivity contribution in [2.75, 3.05) is 0 Å². The van der Waals surface area contributed by atoms with Gasteiger partial charge in [0.2, 0.25) is 0 Å². The normalized spacial score (nSPS) is 16.8. The molecule has 12 heteroatoms. The number of thiocarbonyl (C=S) groups is 1. The van der Waals surface area contributed by atoms with Crippen LogP contribution in [0, 0.1) is 0 Å². The maximum absolute atomic E-state index is 14.8. The molecule has 3 aromatic rings. The molecule has 0 aliphatic heterocycles. The predicted molar refractivity (Wildman–Crippen MR) is 121 cm³/mol. The van der Waals surface area contributed by atoms with Crippen molar-refractivity contribution < 1.29 is 22.1 Å². The fraction of sp³-hybridized carbons (Fsp3) is 0.190. The number of hydrogen-bond acceptors (Lipinski definition) is 4. The third-order valence-corrected chi connectivity index (χ3v) is 5.83. The second-order valence-electron chi connectivity index (χ2n) is 7.10. The Balaban J connectivity index is 1.96. The Morgan fingerprint density at radius 3 is 2.73 bits per heavy atom. The van der Waals surface area contributed by atoms with Gasteiger partial charge in [-0.1, -0.05) is 41.1 Å². The lowest BCUT2D eigenvalue weighted by molar-refractivity contribution is -0.142. The van der Waals surface area contributed by atoms with Crippen molar-refractivity contribution >= 4 is 46.0 Å². The van der Waals surface area contributed by atoms with Crippen molar-refractivity contribution in [1.82, 2.24) is 14.9 Å². The standard InChI is InChI=1S/C21H14Cl2F4N4OS/c22-10-4-3-5-11(8-10)31-19(21(25,26)27)12(9-29-31)18-16(20(28)33)17(30-32-18)15-13(23)6-1-2-7-14(15)24/h2-5,7-9,13H,1,6H2,(H2,28,33). The molecule has 0 fully saturated rings. The van der Waals surface area contributed by atoms with Crippen LogP contribution in [-0.4, -0.2) is 25.3 Å². The van der Waals surface area contributed by atoms with Crippen LogP contribution in [0.1, 0.15) is 29.8 Å². The van der Waals surface area contributed by atoms with E-state index in [4.69, 9.17) is 45.7 Å². The van der Waals surface area contributed by atoms with Crippen LogP contribution in [0.2, 0.25) is 5.02 Å². The molecule has 1 unspecified atom stereocenters. The van der Waals surface area contributed by atoms with Crippen molar-refractivity contribution in [2.45, 2.75) is 24.4 Å². The maximum Gasteiger partial charge on any atom is 0.434 e. The van der Waals surface area contributed by atoms with Crippen molar-refractivity contribution in [2.24, 2.45) is 5.73 Å². The van der Waals surface area contributed by atoms with Crippen molar-refractivity contribution in [3.05, 3.63) is 70.4 Å². The first-order chi connectivity index (χ1) is 15.6. The maximum atomic E-state index is 14.8. The predicted octanol–water partition coefficient (Wildman–Crippen LogP) is 6.47. The van der Waals surface area contributed by atoms with Gasteiger partial charge >= 0.3 is 6.18 Å². The Labute approximate surface area is 200 Å². The molecule has 1 aromatic carbocycles. The van der Waals surface area contributed by atoms with Gasteiger partial charge in [0.25, 0.3) is 0 Å². The average molecular weight is 517 g/mol. The Kier molecular flexibility index (Phi) is 6.35. The van der Waals surface area contributed by atoms with E-state index >= 15 is 0 Å². The lowest BCUT2D eigenvalue weighted by Crippen LogP contribution is -2.17. The number of nitrogens with zero attached hydrogens (tertiary/aromatic N) is 3. The number of aromatic nitrogens is 3. The highest BCUT2D eigenvalue weighted by molar-refractivity contribution is 7.80. The van der Waals surface area contributed by atoms with Gasteiger partial charge in [-0.05, 0) is 37.1 Å². The Hall–Kier alpha value is -2.69. The number of hydrogen-bond donors (Lipinski definition) is 1. The molecule has 2 heterocycles. The molecular weight excluding hydrogens is 503 g/mol. The van der Waals surface area contributed by atoms with Gasteiger partial charge < -0.3 is 10.3 Å². The molecule has 1 aliphatic rings. The van der Waals surface area contributed by atoms with Crippen LogP contribution in [0.3, 0.4) is 0 Å². The zero-order valence-corrected chi connectivity index (χ0v) is 18.9. The summed E-state index contributed by atoms with van der Waals surface area (Å²) in [4.78, 5) is -0.331. The number of halogens is 6. The summed E-state index contributed by atoms with van der Waals surface area (Å²) in [7, 11) is 0. The molecular formula is C21H14Cl2F4N4OS. The van der Waals surface area contributed by atoms with Gasteiger partial charge in [-0.2, -0.15) is 18.3 Å². The van der Waals surface area contributed by atoms with Crippen molar-refractivity contribution in [3.63, 3.8) is 0 Å². The Morgan fingerprint density at radius 1 is 1.30 bits per heavy atom. The fourth-order valence-electron chi connectivity index (χ4n) is 3.55. The van der Waals surface area contributed by atoms with Crippen LogP contribution in [0.15, 0.2) is 53.0 Å². The summed E-state index contributed by atoms with van der Waals surface area (Å²) in [6.45, 7) is 0. The SMILES string of the molecule is NC(=S)c1c(C2=C(F)C=CCCC2Cl)noc1-c1cnn(-c2cccc(Cl)c2)c1C(F)(F)F. The molecule has 1 aliphatic carbocycles. The van der Waals surface area contributed by atoms with E-state index in [1.54, 1.807) is 6.08 Å². The highest BCUT2D eigenvalue weighted by Crippen LogP contribution is 2.42. The average Bonchev–Trinajstić information content (AvgIpc) is 3.32. The molecule has 0 radical (unpaired) electrons. The van der Waals surface area contributed by atoms with Gasteiger partial charge in [-0.3, -0.25) is 0 Å². The van der Waals surface area contributed by atoms with Crippen LogP contribution < -0.4 is 5.73 Å². The molecule has 33 heavy (non-hydrogen) atoms. The number of alkyl halides is 4. The van der Waals surface area contributed by atoms with Crippen molar-refractivity contribution in [1.29, 1.82) is 0 Å². The van der Waals surface area contributed by atoms with Gasteiger partial charge in [-0.25, -0.2) is 9.07 Å². The molecule has 0 amide bonds. The zero-order valence-electron chi connectivity index (χ0n) is 16.5. The third kappa shape index (κ3) is 4.42. The zero-order chi connectivity index (χ0) is 23.9. The molecule has 0 spiro atoms. The molecule has 2 aromatic heterocycles. The van der Waals surface area contributed by atoms with Crippen LogP contribution in [0.4, 0.5) is 17.6 Å². The third-order valence-electron chi connectivity index (χ3n) is 4.95. The summed E-state index contributed by atoms with van der Waals surface area (Å²) in [5.41, 5.74) is 3.90. The highest BCUT2D eigenvalue weighted by atomic mass is 35.5. The monoisotopic (exact) mass is 516 g/mol. The van der Waals surface area contributed by atoms with Crippen LogP contribution >= 0.6 is 35.4 Å². The van der Waals surface area contributed by atoms with Crippen LogP contribution in [-0.2, 0) is 6.18 Å². The van der Waals surface area contributed by atoms with Gasteiger partial charge in [0.1, 0.15) is 16.5 Å². The lowest BCUT2D eigenvalue weighted by atomic mass is 9.98. The van der Waals surface area contributed by atoms with Gasteiger partial charge in [-0.15, -0.1) is 11.6 Å². The molecule has 5 nitrogen and oxygen atoms in total. The fourth-order valence-corrected chi connectivity index (χ4v) is 4.26. The molecule has 4 rings (SSSR count). The lowest BCUT2D eigenvalue weighted by Gasteiger charge is -2.13. The molecule has 2 N–H and O–H groups in total. The minimum absolute atomic E-state index is 0.0565. The minimum atomic E-state index is -4.86. The minimum Gasteiger partial charge on any atom is -0.389 e. The van der Waals surface area contributed by atoms with E-state index in [1.165, 1.54) is 30.3 Å². The summed E-state index contributed by atoms with van der Waals surface area (Å²) < 4.78 is 63.2. The number of rotatable bonds is 4. The number of nitrogens with two attached hydrogens (primary N) is 1. The summed E-state index contributed by atoms with van der Waals surface area (Å²) in [6.07, 6.45) is -0.225. The van der Waals surface area contributed by atoms with E-state index in [2.05, 4.69) is 10.3 Å². The molecule has 172 valence electrons. The van der Waals surface area contributed by atoms with E-state index in [1.807, 2.05) is 0 Å². The first-order valence-electron chi connectivity index (χ1n) is 9.51. The van der Waals surface area contributed by atoms with Gasteiger partial charge in [0.05, 0.1) is 28.4 Å². The van der Waals surface area contributed by atoms with Gasteiger partial charge in [0, 0.05) is 10.6 Å². The molecule has 0 bridgehead atoms. The van der Waals surface area contributed by atoms with E-state index < -0.39 is 34.4 Å². The molecule has 0 saturated carbocycles. The van der Waals surface area contributed by atoms with E-state index in [0.29, 0.717) is 17.5 Å². The molecule has 0 saturated heterocycles. The largest absolute Gasteiger partial charge is 0.434 e. The first kappa shape index (κ1) is 23.5. The number of benzene rings is 1. The highest BCUT2D eigenvalue weighted by Gasteiger charge is 2.41. The Morgan fingerprint density at radius 2 is 2.06 bits per heavy atom. The van der Waals surface area contributed by atoms with E-state index in [9.17, 15) is 17.6 Å². The van der Waals surface area contributed by atoms with Crippen LogP contribution in [0.5, 0.6) is 0 Å². The van der Waals surface area contributed by atoms with E-state index in [-0.39, 0.29) is 32.5 Å². The second-order valence-corrected chi connectivity index (χ2v) is 8.51. The quantitative estimate of drug-likeness (QED) is 0.244. The summed E-state index contributed by atoms with van der Waals surface area (Å²) >= 11 is 17.3. The summed E-state index contributed by atoms with van der Waals surface area (Å²) in [5.74, 6) is -1.09. The second kappa shape index (κ2) is 8.92. The van der Waals surface area contributed by atoms with Crippen LogP contribution in [0.25, 0.3) is 22.6 Å². The summed E-state index contributed by atoms with van der Waals surface area (Å²) in [5, 5.41) is 7.10. The van der Waals surface area contributed by atoms with Gasteiger partial charge in [0.15, 0.2) is 11.5 Å². The van der Waals surface area contributed by atoms with Crippen molar-refractivity contribution in [3.8, 4) is 17.0 Å². The first-order valence-corrected chi connectivity index (χ1v) is 10.7. The Bertz CT molecular complexity index is 1300. The van der Waals surface area contributed by atoms with E-state index in [0.717, 1.165) is 6.20 Å². The topological polar surface area (TPSA) is 69.9 Å². The molecule has 1 atom stereocenters. The summed E-state index contributed by atoms with van der Waals surface area (Å²) in [6, 6.07) is 5.74. The number of allylic oxidation sites excluding steroid dienone is 4.